The van der Waals surface area contributed by atoms with E-state index in [2.05, 4.69) is 5.32 Å². The van der Waals surface area contributed by atoms with Crippen LogP contribution in [0.4, 0.5) is 0 Å². The monoisotopic (exact) mass is 450 g/mol. The van der Waals surface area contributed by atoms with Gasteiger partial charge in [0.1, 0.15) is 12.4 Å². The molecule has 0 unspecified atom stereocenters. The topological polar surface area (TPSA) is 75.7 Å². The van der Waals surface area contributed by atoms with Gasteiger partial charge in [-0.05, 0) is 55.2 Å². The first-order chi connectivity index (χ1) is 14.3. The molecule has 0 aliphatic carbocycles. The molecule has 1 N–H and O–H groups in total. The van der Waals surface area contributed by atoms with Gasteiger partial charge >= 0.3 is 0 Å². The lowest BCUT2D eigenvalue weighted by molar-refractivity contribution is -0.126. The number of carbonyl (C=O) groups excluding carboxylic acids is 1. The lowest BCUT2D eigenvalue weighted by atomic mass is 9.97. The molecule has 0 bridgehead atoms. The molecular weight excluding hydrogens is 424 g/mol. The van der Waals surface area contributed by atoms with Gasteiger partial charge in [0.05, 0.1) is 12.3 Å². The number of carbonyl (C=O) groups is 1. The Kier molecular flexibility index (Phi) is 7.75. The lowest BCUT2D eigenvalue weighted by Gasteiger charge is -2.30. The smallest absolute Gasteiger partial charge is 0.223 e. The summed E-state index contributed by atoms with van der Waals surface area (Å²) in [7, 11) is -3.39. The normalized spacial score (nSPS) is 15.7. The molecule has 162 valence electrons. The van der Waals surface area contributed by atoms with Crippen molar-refractivity contribution < 1.29 is 17.9 Å². The maximum absolute atomic E-state index is 12.8. The SMILES string of the molecule is Cc1ccccc1CS(=O)(=O)N1CCC(C(=O)NCCOc2ccc(Cl)cc2)CC1. The van der Waals surface area contributed by atoms with Gasteiger partial charge in [0, 0.05) is 24.0 Å². The highest BCUT2D eigenvalue weighted by Crippen LogP contribution is 2.23. The average Bonchev–Trinajstić information content (AvgIpc) is 2.74. The summed E-state index contributed by atoms with van der Waals surface area (Å²) in [6, 6.07) is 14.6. The van der Waals surface area contributed by atoms with Gasteiger partial charge in [-0.2, -0.15) is 0 Å². The first kappa shape index (κ1) is 22.6. The van der Waals surface area contributed by atoms with Crippen LogP contribution in [0.3, 0.4) is 0 Å². The zero-order valence-electron chi connectivity index (χ0n) is 17.0. The highest BCUT2D eigenvalue weighted by atomic mass is 35.5. The van der Waals surface area contributed by atoms with Gasteiger partial charge in [-0.25, -0.2) is 12.7 Å². The van der Waals surface area contributed by atoms with Crippen LogP contribution in [0.25, 0.3) is 0 Å². The van der Waals surface area contributed by atoms with Crippen molar-refractivity contribution in [3.63, 3.8) is 0 Å². The molecule has 6 nitrogen and oxygen atoms in total. The quantitative estimate of drug-likeness (QED) is 0.625. The van der Waals surface area contributed by atoms with E-state index >= 15 is 0 Å². The van der Waals surface area contributed by atoms with Crippen LogP contribution in [-0.2, 0) is 20.6 Å². The van der Waals surface area contributed by atoms with Crippen molar-refractivity contribution in [1.29, 1.82) is 0 Å². The Balaban J connectivity index is 1.41. The fourth-order valence-electron chi connectivity index (χ4n) is 3.47. The van der Waals surface area contributed by atoms with Gasteiger partial charge < -0.3 is 10.1 Å². The van der Waals surface area contributed by atoms with E-state index in [1.165, 1.54) is 4.31 Å². The van der Waals surface area contributed by atoms with Gasteiger partial charge in [0.2, 0.25) is 15.9 Å². The van der Waals surface area contributed by atoms with Crippen LogP contribution in [0.2, 0.25) is 5.02 Å². The number of ether oxygens (including phenoxy) is 1. The number of halogens is 1. The highest BCUT2D eigenvalue weighted by molar-refractivity contribution is 7.88. The third-order valence-electron chi connectivity index (χ3n) is 5.30. The summed E-state index contributed by atoms with van der Waals surface area (Å²) in [5, 5.41) is 3.52. The molecule has 2 aromatic carbocycles. The van der Waals surface area contributed by atoms with E-state index < -0.39 is 10.0 Å². The summed E-state index contributed by atoms with van der Waals surface area (Å²) in [5.41, 5.74) is 1.79. The zero-order chi connectivity index (χ0) is 21.6. The minimum Gasteiger partial charge on any atom is -0.492 e. The van der Waals surface area contributed by atoms with E-state index in [1.54, 1.807) is 24.3 Å². The average molecular weight is 451 g/mol. The molecule has 1 aliphatic rings. The standard InChI is InChI=1S/C22H27ClN2O4S/c1-17-4-2-3-5-19(17)16-30(27,28)25-13-10-18(11-14-25)22(26)24-12-15-29-21-8-6-20(23)7-9-21/h2-9,18H,10-16H2,1H3,(H,24,26). The van der Waals surface area contributed by atoms with E-state index in [0.29, 0.717) is 49.9 Å². The van der Waals surface area contributed by atoms with E-state index in [4.69, 9.17) is 16.3 Å². The number of nitrogens with one attached hydrogen (secondary N) is 1. The number of rotatable bonds is 8. The third-order valence-corrected chi connectivity index (χ3v) is 7.38. The minimum atomic E-state index is -3.39. The Labute approximate surface area is 183 Å². The molecule has 1 heterocycles. The van der Waals surface area contributed by atoms with Gasteiger partial charge in [0.25, 0.3) is 0 Å². The Bertz CT molecular complexity index is 955. The number of aryl methyl sites for hydroxylation is 1. The number of benzene rings is 2. The largest absolute Gasteiger partial charge is 0.492 e. The second kappa shape index (κ2) is 10.3. The van der Waals surface area contributed by atoms with Gasteiger partial charge in [-0.3, -0.25) is 4.79 Å². The van der Waals surface area contributed by atoms with Crippen LogP contribution < -0.4 is 10.1 Å². The molecule has 3 rings (SSSR count). The van der Waals surface area contributed by atoms with Crippen molar-refractivity contribution >= 4 is 27.5 Å². The van der Waals surface area contributed by atoms with Crippen LogP contribution in [-0.4, -0.2) is 44.9 Å². The van der Waals surface area contributed by atoms with Crippen molar-refractivity contribution in [3.8, 4) is 5.75 Å². The van der Waals surface area contributed by atoms with Crippen LogP contribution >= 0.6 is 11.6 Å². The molecule has 2 aromatic rings. The molecule has 1 fully saturated rings. The van der Waals surface area contributed by atoms with Gasteiger partial charge in [-0.15, -0.1) is 0 Å². The predicted octanol–water partition coefficient (Wildman–Crippen LogP) is 3.39. The fraction of sp³-hybridized carbons (Fsp3) is 0.409. The van der Waals surface area contributed by atoms with Crippen molar-refractivity contribution in [2.24, 2.45) is 5.92 Å². The molecule has 0 spiro atoms. The van der Waals surface area contributed by atoms with E-state index in [0.717, 1.165) is 11.1 Å². The Morgan fingerprint density at radius 1 is 1.13 bits per heavy atom. The van der Waals surface area contributed by atoms with Gasteiger partial charge in [0.15, 0.2) is 0 Å². The molecule has 1 amide bonds. The van der Waals surface area contributed by atoms with E-state index in [1.807, 2.05) is 31.2 Å². The zero-order valence-corrected chi connectivity index (χ0v) is 18.6. The summed E-state index contributed by atoms with van der Waals surface area (Å²) in [4.78, 5) is 12.4. The molecule has 1 saturated heterocycles. The number of piperidine rings is 1. The van der Waals surface area contributed by atoms with Gasteiger partial charge in [-0.1, -0.05) is 35.9 Å². The highest BCUT2D eigenvalue weighted by Gasteiger charge is 2.31. The Hall–Kier alpha value is -2.09. The number of amides is 1. The second-order valence-electron chi connectivity index (χ2n) is 7.45. The molecule has 8 heteroatoms. The van der Waals surface area contributed by atoms with Crippen molar-refractivity contribution in [1.82, 2.24) is 9.62 Å². The first-order valence-corrected chi connectivity index (χ1v) is 12.0. The molecule has 30 heavy (non-hydrogen) atoms. The number of hydrogen-bond acceptors (Lipinski definition) is 4. The van der Waals surface area contributed by atoms with Crippen LogP contribution in [0, 0.1) is 12.8 Å². The fourth-order valence-corrected chi connectivity index (χ4v) is 5.27. The first-order valence-electron chi connectivity index (χ1n) is 10.0. The maximum Gasteiger partial charge on any atom is 0.223 e. The van der Waals surface area contributed by atoms with E-state index in [-0.39, 0.29) is 17.6 Å². The molecule has 0 atom stereocenters. The van der Waals surface area contributed by atoms with Crippen LogP contribution in [0.5, 0.6) is 5.75 Å². The summed E-state index contributed by atoms with van der Waals surface area (Å²) < 4.78 is 32.6. The lowest BCUT2D eigenvalue weighted by Crippen LogP contribution is -2.44. The van der Waals surface area contributed by atoms with Crippen molar-refractivity contribution in [3.05, 3.63) is 64.7 Å². The summed E-state index contributed by atoms with van der Waals surface area (Å²) >= 11 is 5.83. The predicted molar refractivity (Wildman–Crippen MR) is 118 cm³/mol. The Morgan fingerprint density at radius 2 is 1.80 bits per heavy atom. The number of hydrogen-bond donors (Lipinski definition) is 1. The van der Waals surface area contributed by atoms with Crippen LogP contribution in [0.15, 0.2) is 48.5 Å². The third kappa shape index (κ3) is 6.20. The molecule has 0 aromatic heterocycles. The number of nitrogens with zero attached hydrogens (tertiary/aromatic N) is 1. The van der Waals surface area contributed by atoms with Crippen molar-refractivity contribution in [2.45, 2.75) is 25.5 Å². The minimum absolute atomic E-state index is 0.00142. The summed E-state index contributed by atoms with van der Waals surface area (Å²) in [6.07, 6.45) is 1.05. The van der Waals surface area contributed by atoms with E-state index in [9.17, 15) is 13.2 Å². The van der Waals surface area contributed by atoms with Crippen molar-refractivity contribution in [2.75, 3.05) is 26.2 Å². The summed E-state index contributed by atoms with van der Waals surface area (Å²) in [5.74, 6) is 0.468. The Morgan fingerprint density at radius 3 is 2.47 bits per heavy atom. The molecule has 0 saturated carbocycles. The molecule has 0 radical (unpaired) electrons. The number of sulfonamides is 1. The molecular formula is C22H27ClN2O4S. The second-order valence-corrected chi connectivity index (χ2v) is 9.85. The molecule has 1 aliphatic heterocycles. The maximum atomic E-state index is 12.8. The summed E-state index contributed by atoms with van der Waals surface area (Å²) in [6.45, 7) is 3.41. The van der Waals surface area contributed by atoms with Crippen LogP contribution in [0.1, 0.15) is 24.0 Å².